The summed E-state index contributed by atoms with van der Waals surface area (Å²) in [5.74, 6) is -0.198. The maximum Gasteiger partial charge on any atom is 0.312 e. The minimum Gasteiger partial charge on any atom is -0.462 e. The number of nitrogens with zero attached hydrogens (tertiary/aromatic N) is 3. The fraction of sp³-hybridized carbons (Fsp3) is 0.680. The topological polar surface area (TPSA) is 65.1 Å². The fourth-order valence-electron chi connectivity index (χ4n) is 5.25. The van der Waals surface area contributed by atoms with Crippen LogP contribution in [0, 0.1) is 11.2 Å². The smallest absolute Gasteiger partial charge is 0.312 e. The minimum atomic E-state index is -0.593. The zero-order valence-electron chi connectivity index (χ0n) is 20.1. The van der Waals surface area contributed by atoms with Crippen LogP contribution < -0.4 is 10.2 Å². The first-order valence-electron chi connectivity index (χ1n) is 12.1. The molecule has 3 aliphatic heterocycles. The van der Waals surface area contributed by atoms with Crippen molar-refractivity contribution in [3.05, 3.63) is 30.1 Å². The lowest BCUT2D eigenvalue weighted by Gasteiger charge is -2.39. The van der Waals surface area contributed by atoms with Crippen molar-refractivity contribution in [3.8, 4) is 0 Å². The number of benzene rings is 1. The molecule has 1 aromatic rings. The lowest BCUT2D eigenvalue weighted by Crippen LogP contribution is -2.56. The predicted molar refractivity (Wildman–Crippen MR) is 126 cm³/mol. The Morgan fingerprint density at radius 2 is 1.76 bits per heavy atom. The van der Waals surface area contributed by atoms with Crippen LogP contribution in [0.4, 0.5) is 10.1 Å². The Kier molecular flexibility index (Phi) is 6.96. The number of likely N-dealkylation sites (tertiary alicyclic amines) is 1. The number of likely N-dealkylation sites (N-methyl/N-ethyl adjacent to an activating group) is 1. The van der Waals surface area contributed by atoms with Crippen molar-refractivity contribution in [1.29, 1.82) is 0 Å². The Balaban J connectivity index is 1.22. The summed E-state index contributed by atoms with van der Waals surface area (Å²) in [6, 6.07) is 6.68. The van der Waals surface area contributed by atoms with Crippen molar-refractivity contribution in [2.75, 3.05) is 57.8 Å². The van der Waals surface area contributed by atoms with E-state index in [0.717, 1.165) is 51.3 Å². The number of carbonyl (C=O) groups is 2. The number of nitrogens with one attached hydrogen (secondary N) is 1. The van der Waals surface area contributed by atoms with Crippen molar-refractivity contribution in [3.63, 3.8) is 0 Å². The highest BCUT2D eigenvalue weighted by molar-refractivity contribution is 5.86. The van der Waals surface area contributed by atoms with Gasteiger partial charge in [0.25, 0.3) is 0 Å². The summed E-state index contributed by atoms with van der Waals surface area (Å²) in [6.07, 6.45) is 2.94. The molecule has 1 amide bonds. The van der Waals surface area contributed by atoms with E-state index in [2.05, 4.69) is 15.1 Å². The van der Waals surface area contributed by atoms with E-state index in [9.17, 15) is 14.0 Å². The number of hydrogen-bond donors (Lipinski definition) is 1. The molecule has 7 nitrogen and oxygen atoms in total. The molecule has 4 rings (SSSR count). The van der Waals surface area contributed by atoms with Gasteiger partial charge in [0.2, 0.25) is 5.91 Å². The van der Waals surface area contributed by atoms with Gasteiger partial charge in [0.05, 0.1) is 11.0 Å². The Bertz CT molecular complexity index is 844. The number of hydrogen-bond acceptors (Lipinski definition) is 6. The summed E-state index contributed by atoms with van der Waals surface area (Å²) in [5, 5.41) is 3.07. The average molecular weight is 461 g/mol. The monoisotopic (exact) mass is 460 g/mol. The molecule has 1 aromatic carbocycles. The van der Waals surface area contributed by atoms with E-state index in [-0.39, 0.29) is 23.8 Å². The van der Waals surface area contributed by atoms with Gasteiger partial charge in [0.1, 0.15) is 11.9 Å². The molecule has 0 unspecified atom stereocenters. The molecule has 182 valence electrons. The molecule has 0 aliphatic carbocycles. The number of esters is 1. The molecule has 8 heteroatoms. The first kappa shape index (κ1) is 24.0. The number of rotatable bonds is 6. The molecular formula is C25H37FN4O3. The van der Waals surface area contributed by atoms with E-state index in [0.29, 0.717) is 25.9 Å². The molecule has 0 saturated carbocycles. The number of anilines is 1. The van der Waals surface area contributed by atoms with Gasteiger partial charge in [-0.1, -0.05) is 0 Å². The summed E-state index contributed by atoms with van der Waals surface area (Å²) in [4.78, 5) is 32.1. The highest BCUT2D eigenvalue weighted by Gasteiger charge is 2.51. The second-order valence-electron chi connectivity index (χ2n) is 10.3. The zero-order valence-corrected chi connectivity index (χ0v) is 20.1. The molecule has 3 saturated heterocycles. The van der Waals surface area contributed by atoms with Crippen LogP contribution in [0.2, 0.25) is 0 Å². The van der Waals surface area contributed by atoms with Gasteiger partial charge in [-0.05, 0) is 64.4 Å². The van der Waals surface area contributed by atoms with Crippen LogP contribution in [0.25, 0.3) is 0 Å². The first-order chi connectivity index (χ1) is 15.7. The highest BCUT2D eigenvalue weighted by atomic mass is 19.1. The van der Waals surface area contributed by atoms with E-state index in [1.54, 1.807) is 7.05 Å². The molecule has 33 heavy (non-hydrogen) atoms. The van der Waals surface area contributed by atoms with Crippen LogP contribution >= 0.6 is 0 Å². The van der Waals surface area contributed by atoms with Gasteiger partial charge in [0, 0.05) is 57.9 Å². The van der Waals surface area contributed by atoms with Crippen molar-refractivity contribution >= 4 is 17.6 Å². The van der Waals surface area contributed by atoms with Crippen LogP contribution in [0.5, 0.6) is 0 Å². The van der Waals surface area contributed by atoms with Crippen LogP contribution in [0.3, 0.4) is 0 Å². The fourth-order valence-corrected chi connectivity index (χ4v) is 5.25. The van der Waals surface area contributed by atoms with E-state index < -0.39 is 11.0 Å². The third-order valence-corrected chi connectivity index (χ3v) is 7.82. The molecule has 0 aromatic heterocycles. The van der Waals surface area contributed by atoms with Gasteiger partial charge in [0.15, 0.2) is 0 Å². The third-order valence-electron chi connectivity index (χ3n) is 7.82. The van der Waals surface area contributed by atoms with Crippen molar-refractivity contribution in [2.45, 2.75) is 51.2 Å². The van der Waals surface area contributed by atoms with Gasteiger partial charge in [-0.3, -0.25) is 14.5 Å². The molecule has 3 fully saturated rings. The van der Waals surface area contributed by atoms with Crippen molar-refractivity contribution in [2.24, 2.45) is 5.41 Å². The van der Waals surface area contributed by atoms with Gasteiger partial charge < -0.3 is 19.9 Å². The minimum absolute atomic E-state index is 0.0383. The van der Waals surface area contributed by atoms with E-state index in [1.807, 2.05) is 30.9 Å². The second-order valence-corrected chi connectivity index (χ2v) is 10.3. The Hall–Kier alpha value is -2.19. The van der Waals surface area contributed by atoms with Crippen molar-refractivity contribution in [1.82, 2.24) is 15.1 Å². The highest BCUT2D eigenvalue weighted by Crippen LogP contribution is 2.44. The van der Waals surface area contributed by atoms with Crippen molar-refractivity contribution < 1.29 is 18.7 Å². The average Bonchev–Trinajstić information content (AvgIpc) is 3.13. The normalized spacial score (nSPS) is 23.8. The number of cyclic esters (lactones) is 1. The van der Waals surface area contributed by atoms with Gasteiger partial charge >= 0.3 is 5.97 Å². The second kappa shape index (κ2) is 9.58. The number of carbonyl (C=O) groups excluding carboxylic acids is 2. The summed E-state index contributed by atoms with van der Waals surface area (Å²) < 4.78 is 19.0. The molecule has 1 N–H and O–H groups in total. The van der Waals surface area contributed by atoms with E-state index in [1.165, 1.54) is 12.1 Å². The summed E-state index contributed by atoms with van der Waals surface area (Å²) in [7, 11) is 1.80. The summed E-state index contributed by atoms with van der Waals surface area (Å²) in [6.45, 7) is 9.61. The lowest BCUT2D eigenvalue weighted by atomic mass is 9.75. The van der Waals surface area contributed by atoms with Gasteiger partial charge in [-0.15, -0.1) is 0 Å². The zero-order chi connectivity index (χ0) is 23.6. The third kappa shape index (κ3) is 5.17. The Labute approximate surface area is 196 Å². The van der Waals surface area contributed by atoms with Gasteiger partial charge in [-0.25, -0.2) is 4.39 Å². The van der Waals surface area contributed by atoms with Gasteiger partial charge in [-0.2, -0.15) is 0 Å². The Morgan fingerprint density at radius 3 is 2.36 bits per heavy atom. The maximum absolute atomic E-state index is 13.2. The molecule has 3 aliphatic rings. The molecule has 0 radical (unpaired) electrons. The van der Waals surface area contributed by atoms with Crippen LogP contribution in [0.15, 0.2) is 24.3 Å². The number of ether oxygens (including phenoxy) is 1. The van der Waals surface area contributed by atoms with E-state index in [4.69, 9.17) is 4.74 Å². The SMILES string of the molecule is CNC(C)(C)C(=O)N1CCC2(CC1)C[C@H](CCN1CCN(c3ccc(F)cc3)CC1)OC2=O. The lowest BCUT2D eigenvalue weighted by molar-refractivity contribution is -0.153. The summed E-state index contributed by atoms with van der Waals surface area (Å²) >= 11 is 0. The predicted octanol–water partition coefficient (Wildman–Crippen LogP) is 2.26. The molecule has 3 heterocycles. The number of halogens is 1. The van der Waals surface area contributed by atoms with Crippen LogP contribution in [-0.2, 0) is 14.3 Å². The van der Waals surface area contributed by atoms with E-state index >= 15 is 0 Å². The molecule has 1 atom stereocenters. The van der Waals surface area contributed by atoms with Crippen LogP contribution in [0.1, 0.15) is 39.5 Å². The molecular weight excluding hydrogens is 423 g/mol. The largest absolute Gasteiger partial charge is 0.462 e. The number of piperidine rings is 1. The molecule has 1 spiro atoms. The molecule has 0 bridgehead atoms. The Morgan fingerprint density at radius 1 is 1.12 bits per heavy atom. The quantitative estimate of drug-likeness (QED) is 0.657. The van der Waals surface area contributed by atoms with Crippen LogP contribution in [-0.4, -0.2) is 86.2 Å². The summed E-state index contributed by atoms with van der Waals surface area (Å²) in [5.41, 5.74) is 0.0434. The first-order valence-corrected chi connectivity index (χ1v) is 12.1. The number of piperazine rings is 1. The maximum atomic E-state index is 13.2. The standard InChI is InChI=1S/C25H37FN4O3/c1-24(2,27-3)22(31)30-12-9-25(10-13-30)18-21(33-23(25)32)8-11-28-14-16-29(17-15-28)20-6-4-19(26)5-7-20/h4-7,21,27H,8-18H2,1-3H3/t21-/m0/s1. The number of amides is 1.